The molecule has 2 heterocycles. The minimum Gasteiger partial charge on any atom is -0.361 e. The van der Waals surface area contributed by atoms with Gasteiger partial charge in [0.2, 0.25) is 0 Å². The molecule has 3 heteroatoms. The maximum Gasteiger partial charge on any atom is 0.0728 e. The second-order valence-corrected chi connectivity index (χ2v) is 15.8. The summed E-state index contributed by atoms with van der Waals surface area (Å²) >= 11 is 0. The monoisotopic (exact) mass is 561 g/mol. The van der Waals surface area contributed by atoms with Gasteiger partial charge in [0.15, 0.2) is 0 Å². The highest BCUT2D eigenvalue weighted by molar-refractivity contribution is 5.84. The summed E-state index contributed by atoms with van der Waals surface area (Å²) in [5.74, 6) is 1.03. The van der Waals surface area contributed by atoms with Crippen molar-refractivity contribution < 1.29 is 0 Å². The zero-order valence-electron chi connectivity index (χ0n) is 27.5. The van der Waals surface area contributed by atoms with Crippen LogP contribution in [0.2, 0.25) is 0 Å². The fourth-order valence-electron chi connectivity index (χ4n) is 8.13. The SMILES string of the molecule is CC(C)CN1c2ccccc2N(C(C)(C)C)C2C=C(c3ccc4c(c3)N(C(C)(C)C)C3C=CC=CC3C4(C)C)C=CC21. The lowest BCUT2D eigenvalue weighted by atomic mass is 9.64. The quantitative estimate of drug-likeness (QED) is 0.370. The number of fused-ring (bicyclic) bond motifs is 4. The Labute approximate surface area is 255 Å². The Hall–Kier alpha value is -3.20. The third-order valence-corrected chi connectivity index (χ3v) is 9.81. The lowest BCUT2D eigenvalue weighted by Crippen LogP contribution is -2.61. The van der Waals surface area contributed by atoms with Gasteiger partial charge in [-0.25, -0.2) is 0 Å². The van der Waals surface area contributed by atoms with Crippen LogP contribution in [0.4, 0.5) is 17.1 Å². The molecule has 2 aromatic carbocycles. The highest BCUT2D eigenvalue weighted by atomic mass is 15.3. The Balaban J connectivity index is 1.48. The summed E-state index contributed by atoms with van der Waals surface area (Å²) in [4.78, 5) is 8.00. The number of anilines is 3. The Morgan fingerprint density at radius 3 is 2.05 bits per heavy atom. The van der Waals surface area contributed by atoms with Gasteiger partial charge in [-0.1, -0.05) is 94.5 Å². The van der Waals surface area contributed by atoms with Gasteiger partial charge < -0.3 is 14.7 Å². The van der Waals surface area contributed by atoms with Crippen LogP contribution >= 0.6 is 0 Å². The van der Waals surface area contributed by atoms with Gasteiger partial charge in [0, 0.05) is 34.6 Å². The maximum absolute atomic E-state index is 2.68. The van der Waals surface area contributed by atoms with Gasteiger partial charge in [0.1, 0.15) is 0 Å². The van der Waals surface area contributed by atoms with Crippen molar-refractivity contribution in [3.63, 3.8) is 0 Å². The number of para-hydroxylation sites is 2. The van der Waals surface area contributed by atoms with Gasteiger partial charge in [-0.15, -0.1) is 0 Å². The van der Waals surface area contributed by atoms with Crippen LogP contribution in [0, 0.1) is 11.8 Å². The predicted molar refractivity (Wildman–Crippen MR) is 183 cm³/mol. The first kappa shape index (κ1) is 28.9. The van der Waals surface area contributed by atoms with Crippen LogP contribution in [0.3, 0.4) is 0 Å². The van der Waals surface area contributed by atoms with E-state index >= 15 is 0 Å². The van der Waals surface area contributed by atoms with Crippen LogP contribution in [0.5, 0.6) is 0 Å². The second kappa shape index (κ2) is 9.93. The number of benzene rings is 2. The molecule has 2 aliphatic carbocycles. The molecule has 0 N–H and O–H groups in total. The van der Waals surface area contributed by atoms with Crippen molar-refractivity contribution >= 4 is 22.6 Å². The summed E-state index contributed by atoms with van der Waals surface area (Å²) in [6.45, 7) is 24.7. The molecule has 2 aliphatic heterocycles. The average Bonchev–Trinajstić information content (AvgIpc) is 2.91. The van der Waals surface area contributed by atoms with Crippen molar-refractivity contribution in [3.05, 3.63) is 96.1 Å². The van der Waals surface area contributed by atoms with E-state index in [2.05, 4.69) is 169 Å². The van der Waals surface area contributed by atoms with Crippen molar-refractivity contribution in [2.75, 3.05) is 21.2 Å². The van der Waals surface area contributed by atoms with E-state index in [0.29, 0.717) is 23.9 Å². The molecule has 4 unspecified atom stereocenters. The van der Waals surface area contributed by atoms with Crippen molar-refractivity contribution in [1.29, 1.82) is 0 Å². The molecule has 3 nitrogen and oxygen atoms in total. The lowest BCUT2D eigenvalue weighted by molar-refractivity contribution is 0.288. The molecule has 4 aliphatic rings. The maximum atomic E-state index is 2.68. The van der Waals surface area contributed by atoms with Crippen LogP contribution in [0.1, 0.15) is 80.4 Å². The molecular formula is C39H51N3. The largest absolute Gasteiger partial charge is 0.361 e. The first-order valence-electron chi connectivity index (χ1n) is 16.0. The number of nitrogens with zero attached hydrogens (tertiary/aromatic N) is 3. The van der Waals surface area contributed by atoms with Gasteiger partial charge in [0.05, 0.1) is 29.5 Å². The second-order valence-electron chi connectivity index (χ2n) is 15.8. The van der Waals surface area contributed by atoms with E-state index in [1.165, 1.54) is 33.8 Å². The topological polar surface area (TPSA) is 9.72 Å². The molecule has 0 spiro atoms. The normalized spacial score (nSPS) is 26.1. The third-order valence-electron chi connectivity index (χ3n) is 9.81. The van der Waals surface area contributed by atoms with Gasteiger partial charge in [-0.2, -0.15) is 0 Å². The van der Waals surface area contributed by atoms with Gasteiger partial charge in [-0.3, -0.25) is 0 Å². The Morgan fingerprint density at radius 1 is 0.738 bits per heavy atom. The molecule has 0 saturated carbocycles. The van der Waals surface area contributed by atoms with Crippen LogP contribution in [-0.2, 0) is 5.41 Å². The number of hydrogen-bond donors (Lipinski definition) is 0. The van der Waals surface area contributed by atoms with Crippen LogP contribution < -0.4 is 14.7 Å². The van der Waals surface area contributed by atoms with Crippen molar-refractivity contribution in [1.82, 2.24) is 0 Å². The summed E-state index contributed by atoms with van der Waals surface area (Å²) in [5, 5.41) is 0. The zero-order valence-corrected chi connectivity index (χ0v) is 27.5. The molecule has 0 amide bonds. The Kier molecular flexibility index (Phi) is 6.83. The van der Waals surface area contributed by atoms with E-state index in [-0.39, 0.29) is 22.5 Å². The summed E-state index contributed by atoms with van der Waals surface area (Å²) < 4.78 is 0. The van der Waals surface area contributed by atoms with Gasteiger partial charge >= 0.3 is 0 Å². The average molecular weight is 562 g/mol. The highest BCUT2D eigenvalue weighted by Crippen LogP contribution is 2.51. The van der Waals surface area contributed by atoms with Crippen LogP contribution in [-0.4, -0.2) is 35.7 Å². The van der Waals surface area contributed by atoms with E-state index in [4.69, 9.17) is 0 Å². The standard InChI is InChI=1S/C39H51N3/c1-26(2)25-40-32-17-13-14-18-34(32)42(38(6,7)8)36-24-28(20-22-33(36)40)27-19-21-30-35(23-27)41(37(3,4)5)31-16-12-11-15-29(31)39(30,9)10/h11-24,26,29,31,33,36H,25H2,1-10H3. The molecule has 4 atom stereocenters. The van der Waals surface area contributed by atoms with Gasteiger partial charge in [-0.05, 0) is 82.4 Å². The molecule has 222 valence electrons. The van der Waals surface area contributed by atoms with E-state index in [9.17, 15) is 0 Å². The zero-order chi connectivity index (χ0) is 30.2. The van der Waals surface area contributed by atoms with E-state index in [1.807, 2.05) is 0 Å². The molecule has 0 aromatic heterocycles. The molecule has 0 radical (unpaired) electrons. The van der Waals surface area contributed by atoms with E-state index < -0.39 is 0 Å². The summed E-state index contributed by atoms with van der Waals surface area (Å²) in [6.07, 6.45) is 16.8. The molecule has 42 heavy (non-hydrogen) atoms. The fraction of sp³-hybridized carbons (Fsp3) is 0.487. The molecule has 6 rings (SSSR count). The molecule has 0 fully saturated rings. The summed E-state index contributed by atoms with van der Waals surface area (Å²) in [7, 11) is 0. The van der Waals surface area contributed by atoms with Gasteiger partial charge in [0.25, 0.3) is 0 Å². The molecule has 2 aromatic rings. The first-order valence-corrected chi connectivity index (χ1v) is 16.0. The Bertz CT molecular complexity index is 1470. The minimum atomic E-state index is -0.0194. The molecule has 0 bridgehead atoms. The molecule has 0 saturated heterocycles. The Morgan fingerprint density at radius 2 is 1.38 bits per heavy atom. The number of rotatable bonds is 3. The summed E-state index contributed by atoms with van der Waals surface area (Å²) in [5.41, 5.74) is 8.19. The smallest absolute Gasteiger partial charge is 0.0728 e. The minimum absolute atomic E-state index is 0.00233. The van der Waals surface area contributed by atoms with Crippen molar-refractivity contribution in [2.45, 2.75) is 104 Å². The van der Waals surface area contributed by atoms with Crippen molar-refractivity contribution in [3.8, 4) is 0 Å². The number of allylic oxidation sites excluding steroid dienone is 4. The lowest BCUT2D eigenvalue weighted by Gasteiger charge is -2.55. The van der Waals surface area contributed by atoms with Crippen LogP contribution in [0.25, 0.3) is 5.57 Å². The first-order chi connectivity index (χ1) is 19.7. The van der Waals surface area contributed by atoms with Crippen LogP contribution in [0.15, 0.2) is 85.0 Å². The summed E-state index contributed by atoms with van der Waals surface area (Å²) in [6, 6.07) is 17.2. The number of hydrogen-bond acceptors (Lipinski definition) is 3. The van der Waals surface area contributed by atoms with E-state index in [1.54, 1.807) is 0 Å². The predicted octanol–water partition coefficient (Wildman–Crippen LogP) is 9.17. The third kappa shape index (κ3) is 4.64. The molecular weight excluding hydrogens is 510 g/mol. The van der Waals surface area contributed by atoms with E-state index in [0.717, 1.165) is 6.54 Å². The van der Waals surface area contributed by atoms with Crippen molar-refractivity contribution in [2.24, 2.45) is 11.8 Å². The fourth-order valence-corrected chi connectivity index (χ4v) is 8.13. The highest BCUT2D eigenvalue weighted by Gasteiger charge is 2.48.